The fourth-order valence-electron chi connectivity index (χ4n) is 2.40. The number of ether oxygens (including phenoxy) is 1. The van der Waals surface area contributed by atoms with Gasteiger partial charge in [-0.15, -0.1) is 0 Å². The van der Waals surface area contributed by atoms with Gasteiger partial charge in [-0.05, 0) is 29.8 Å². The Bertz CT molecular complexity index is 1180. The predicted molar refractivity (Wildman–Crippen MR) is 104 cm³/mol. The van der Waals surface area contributed by atoms with Gasteiger partial charge < -0.3 is 4.74 Å². The van der Waals surface area contributed by atoms with Crippen LogP contribution in [0.15, 0.2) is 69.2 Å². The van der Waals surface area contributed by atoms with Crippen LogP contribution in [0.5, 0.6) is 11.6 Å². The summed E-state index contributed by atoms with van der Waals surface area (Å²) >= 11 is 0. The van der Waals surface area contributed by atoms with E-state index in [1.807, 2.05) is 0 Å². The molecule has 0 N–H and O–H groups in total. The van der Waals surface area contributed by atoms with E-state index in [4.69, 9.17) is 4.74 Å². The van der Waals surface area contributed by atoms with E-state index >= 15 is 0 Å². The first-order valence-electron chi connectivity index (χ1n) is 8.19. The van der Waals surface area contributed by atoms with Crippen LogP contribution in [0.25, 0.3) is 0 Å². The lowest BCUT2D eigenvalue weighted by atomic mass is 10.2. The van der Waals surface area contributed by atoms with E-state index < -0.39 is 16.2 Å². The van der Waals surface area contributed by atoms with Crippen LogP contribution in [0.4, 0.5) is 11.4 Å². The summed E-state index contributed by atoms with van der Waals surface area (Å²) in [5.74, 6) is 0.440. The molecule has 142 valence electrons. The minimum atomic E-state index is -0.505. The lowest BCUT2D eigenvalue weighted by Crippen LogP contribution is -2.36. The van der Waals surface area contributed by atoms with Gasteiger partial charge in [-0.3, -0.25) is 29.0 Å². The van der Waals surface area contributed by atoms with Crippen LogP contribution < -0.4 is 16.0 Å². The average Bonchev–Trinajstić information content (AvgIpc) is 2.70. The molecule has 0 fully saturated rings. The molecule has 0 radical (unpaired) electrons. The fourth-order valence-corrected chi connectivity index (χ4v) is 2.40. The second-order valence-electron chi connectivity index (χ2n) is 5.90. The molecule has 1 heterocycles. The van der Waals surface area contributed by atoms with Gasteiger partial charge in [0.2, 0.25) is 5.88 Å². The summed E-state index contributed by atoms with van der Waals surface area (Å²) in [5.41, 5.74) is 0.141. The van der Waals surface area contributed by atoms with Gasteiger partial charge in [-0.1, -0.05) is 12.1 Å². The molecule has 1 aromatic heterocycles. The highest BCUT2D eigenvalue weighted by atomic mass is 16.6. The summed E-state index contributed by atoms with van der Waals surface area (Å²) in [5, 5.41) is 10.7. The summed E-state index contributed by atoms with van der Waals surface area (Å²) < 4.78 is 7.94. The normalized spacial score (nSPS) is 10.9. The molecule has 0 aliphatic carbocycles. The first kappa shape index (κ1) is 18.8. The zero-order valence-electron chi connectivity index (χ0n) is 15.1. The number of benzene rings is 2. The molecule has 0 unspecified atom stereocenters. The standard InChI is InChI=1S/C19H16N4O5/c1-21-17(24)11-18(22(2)19(21)25)28-16-6-4-3-5-15(16)20-12-13-7-9-14(10-8-13)23(26)27/h3-12H,1-2H3. The van der Waals surface area contributed by atoms with Crippen molar-refractivity contribution in [3.05, 3.63) is 91.1 Å². The van der Waals surface area contributed by atoms with Gasteiger partial charge in [0, 0.05) is 32.4 Å². The van der Waals surface area contributed by atoms with Crippen LogP contribution >= 0.6 is 0 Å². The van der Waals surface area contributed by atoms with Crippen LogP contribution in [-0.2, 0) is 14.1 Å². The molecule has 0 bridgehead atoms. The Kier molecular flexibility index (Phi) is 5.16. The van der Waals surface area contributed by atoms with Crippen molar-refractivity contribution in [2.24, 2.45) is 19.1 Å². The lowest BCUT2D eigenvalue weighted by Gasteiger charge is -2.12. The Morgan fingerprint density at radius 3 is 2.39 bits per heavy atom. The Morgan fingerprint density at radius 1 is 1.04 bits per heavy atom. The fraction of sp³-hybridized carbons (Fsp3) is 0.105. The van der Waals surface area contributed by atoms with Gasteiger partial charge >= 0.3 is 5.69 Å². The number of hydrogen-bond donors (Lipinski definition) is 0. The third-order valence-corrected chi connectivity index (χ3v) is 4.02. The summed E-state index contributed by atoms with van der Waals surface area (Å²) in [6.07, 6.45) is 1.54. The Hall–Kier alpha value is -4.01. The van der Waals surface area contributed by atoms with Crippen LogP contribution in [-0.4, -0.2) is 20.3 Å². The Morgan fingerprint density at radius 2 is 1.71 bits per heavy atom. The first-order chi connectivity index (χ1) is 13.4. The minimum absolute atomic E-state index is 0.00698. The summed E-state index contributed by atoms with van der Waals surface area (Å²) in [6, 6.07) is 14.0. The second kappa shape index (κ2) is 7.70. The zero-order valence-corrected chi connectivity index (χ0v) is 15.1. The van der Waals surface area contributed by atoms with Crippen LogP contribution in [0.3, 0.4) is 0 Å². The smallest absolute Gasteiger partial charge is 0.333 e. The number of para-hydroxylation sites is 2. The van der Waals surface area contributed by atoms with E-state index in [0.29, 0.717) is 17.0 Å². The quantitative estimate of drug-likeness (QED) is 0.384. The maximum absolute atomic E-state index is 12.0. The molecule has 2 aromatic carbocycles. The van der Waals surface area contributed by atoms with Crippen molar-refractivity contribution in [2.75, 3.05) is 0 Å². The number of aromatic nitrogens is 2. The summed E-state index contributed by atoms with van der Waals surface area (Å²) in [6.45, 7) is 0. The summed E-state index contributed by atoms with van der Waals surface area (Å²) in [7, 11) is 2.89. The molecule has 0 spiro atoms. The topological polar surface area (TPSA) is 109 Å². The van der Waals surface area contributed by atoms with E-state index in [9.17, 15) is 19.7 Å². The van der Waals surface area contributed by atoms with Crippen LogP contribution in [0.2, 0.25) is 0 Å². The third-order valence-electron chi connectivity index (χ3n) is 4.02. The van der Waals surface area contributed by atoms with Crippen molar-refractivity contribution in [2.45, 2.75) is 0 Å². The van der Waals surface area contributed by atoms with Gasteiger partial charge in [-0.25, -0.2) is 4.79 Å². The molecular weight excluding hydrogens is 364 g/mol. The number of nitrogens with zero attached hydrogens (tertiary/aromatic N) is 4. The van der Waals surface area contributed by atoms with E-state index in [1.54, 1.807) is 36.4 Å². The van der Waals surface area contributed by atoms with Gasteiger partial charge in [0.25, 0.3) is 11.2 Å². The third kappa shape index (κ3) is 3.88. The molecule has 3 rings (SSSR count). The van der Waals surface area contributed by atoms with E-state index in [1.165, 1.54) is 43.1 Å². The van der Waals surface area contributed by atoms with Crippen LogP contribution in [0, 0.1) is 10.1 Å². The van der Waals surface area contributed by atoms with Crippen molar-refractivity contribution < 1.29 is 9.66 Å². The second-order valence-corrected chi connectivity index (χ2v) is 5.90. The number of rotatable bonds is 5. The number of nitro groups is 1. The van der Waals surface area contributed by atoms with Crippen molar-refractivity contribution in [1.82, 2.24) is 9.13 Å². The van der Waals surface area contributed by atoms with Crippen molar-refractivity contribution in [1.29, 1.82) is 0 Å². The Balaban J connectivity index is 1.91. The molecule has 0 saturated heterocycles. The molecule has 9 heteroatoms. The number of non-ortho nitro benzene ring substituents is 1. The average molecular weight is 380 g/mol. The highest BCUT2D eigenvalue weighted by Crippen LogP contribution is 2.30. The minimum Gasteiger partial charge on any atom is -0.438 e. The highest BCUT2D eigenvalue weighted by Gasteiger charge is 2.10. The maximum Gasteiger partial charge on any atom is 0.333 e. The number of nitro benzene ring substituents is 1. The van der Waals surface area contributed by atoms with Crippen molar-refractivity contribution >= 4 is 17.6 Å². The SMILES string of the molecule is Cn1c(Oc2ccccc2N=Cc2ccc([N+](=O)[O-])cc2)cc(=O)n(C)c1=O. The molecule has 3 aromatic rings. The first-order valence-corrected chi connectivity index (χ1v) is 8.19. The predicted octanol–water partition coefficient (Wildman–Crippen LogP) is 2.54. The molecule has 0 amide bonds. The molecule has 28 heavy (non-hydrogen) atoms. The molecule has 0 saturated carbocycles. The van der Waals surface area contributed by atoms with Gasteiger partial charge in [-0.2, -0.15) is 0 Å². The number of aliphatic imine (C=N–C) groups is 1. The molecule has 9 nitrogen and oxygen atoms in total. The van der Waals surface area contributed by atoms with Crippen LogP contribution in [0.1, 0.15) is 5.56 Å². The molecule has 0 aliphatic rings. The van der Waals surface area contributed by atoms with Gasteiger partial charge in [0.15, 0.2) is 5.75 Å². The Labute approximate surface area is 158 Å². The molecule has 0 aliphatic heterocycles. The van der Waals surface area contributed by atoms with Crippen molar-refractivity contribution in [3.8, 4) is 11.6 Å². The highest BCUT2D eigenvalue weighted by molar-refractivity contribution is 5.83. The van der Waals surface area contributed by atoms with E-state index in [0.717, 1.165) is 4.57 Å². The summed E-state index contributed by atoms with van der Waals surface area (Å²) in [4.78, 5) is 38.5. The number of hydrogen-bond acceptors (Lipinski definition) is 6. The van der Waals surface area contributed by atoms with E-state index in [2.05, 4.69) is 4.99 Å². The maximum atomic E-state index is 12.0. The molecule has 0 atom stereocenters. The largest absolute Gasteiger partial charge is 0.438 e. The zero-order chi connectivity index (χ0) is 20.3. The van der Waals surface area contributed by atoms with Crippen molar-refractivity contribution in [3.63, 3.8) is 0 Å². The van der Waals surface area contributed by atoms with Gasteiger partial charge in [0.05, 0.1) is 11.0 Å². The van der Waals surface area contributed by atoms with E-state index in [-0.39, 0.29) is 11.6 Å². The lowest BCUT2D eigenvalue weighted by molar-refractivity contribution is -0.384. The monoisotopic (exact) mass is 380 g/mol. The van der Waals surface area contributed by atoms with Gasteiger partial charge in [0.1, 0.15) is 5.69 Å². The molecular formula is C19H16N4O5.